The lowest BCUT2D eigenvalue weighted by molar-refractivity contribution is 0.0234. The van der Waals surface area contributed by atoms with Crippen LogP contribution in [0.4, 0.5) is 0 Å². The van der Waals surface area contributed by atoms with Crippen LogP contribution in [0.3, 0.4) is 0 Å². The van der Waals surface area contributed by atoms with Crippen LogP contribution < -0.4 is 14.2 Å². The summed E-state index contributed by atoms with van der Waals surface area (Å²) in [6, 6.07) is 3.73. The minimum Gasteiger partial charge on any atom is -0.493 e. The monoisotopic (exact) mass is 371 g/mol. The molecule has 0 atom stereocenters. The van der Waals surface area contributed by atoms with Gasteiger partial charge < -0.3 is 23.9 Å². The van der Waals surface area contributed by atoms with Crippen molar-refractivity contribution >= 4 is 11.2 Å². The molecule has 0 fully saturated rings. The number of fused-ring (bicyclic) bond motifs is 1. The molecular weight excluding hydrogens is 346 g/mol. The number of hydrogen-bond donors (Lipinski definition) is 1. The number of aromatic amines is 1. The number of nitrogens with one attached hydrogen (secondary N) is 1. The van der Waals surface area contributed by atoms with Crippen molar-refractivity contribution in [3.8, 4) is 28.5 Å². The molecule has 0 saturated heterocycles. The first-order chi connectivity index (χ1) is 12.9. The summed E-state index contributed by atoms with van der Waals surface area (Å²) in [6.07, 6.45) is 4.38. The van der Waals surface area contributed by atoms with E-state index in [1.54, 1.807) is 34.6 Å². The molecule has 7 nitrogen and oxygen atoms in total. The van der Waals surface area contributed by atoms with Crippen molar-refractivity contribution < 1.29 is 18.9 Å². The van der Waals surface area contributed by atoms with E-state index in [1.807, 2.05) is 32.2 Å². The molecule has 0 bridgehead atoms. The van der Waals surface area contributed by atoms with Crippen molar-refractivity contribution in [2.75, 3.05) is 28.4 Å². The SMILES string of the molecule is COc1cc(-c2cnc3[nH]cc(CC(C)(C)OC)c3n2)cc(OC)c1OC. The Labute approximate surface area is 158 Å². The second kappa shape index (κ2) is 7.44. The molecule has 0 amide bonds. The van der Waals surface area contributed by atoms with Crippen LogP contribution in [0.15, 0.2) is 24.5 Å². The molecule has 0 saturated carbocycles. The van der Waals surface area contributed by atoms with E-state index in [0.717, 1.165) is 34.4 Å². The van der Waals surface area contributed by atoms with Gasteiger partial charge in [0.05, 0.1) is 38.8 Å². The highest BCUT2D eigenvalue weighted by Crippen LogP contribution is 2.41. The number of H-pyrrole nitrogens is 1. The molecule has 27 heavy (non-hydrogen) atoms. The second-order valence-corrected chi connectivity index (χ2v) is 6.82. The minimum atomic E-state index is -0.292. The summed E-state index contributed by atoms with van der Waals surface area (Å²) in [4.78, 5) is 12.5. The van der Waals surface area contributed by atoms with Gasteiger partial charge in [-0.25, -0.2) is 9.97 Å². The normalized spacial score (nSPS) is 11.6. The first-order valence-electron chi connectivity index (χ1n) is 8.61. The highest BCUT2D eigenvalue weighted by molar-refractivity contribution is 5.79. The Morgan fingerprint density at radius 2 is 1.67 bits per heavy atom. The Morgan fingerprint density at radius 3 is 2.22 bits per heavy atom. The Morgan fingerprint density at radius 1 is 1.00 bits per heavy atom. The molecule has 0 aliphatic heterocycles. The zero-order chi connectivity index (χ0) is 19.6. The maximum Gasteiger partial charge on any atom is 0.203 e. The summed E-state index contributed by atoms with van der Waals surface area (Å²) in [5.74, 6) is 1.69. The van der Waals surface area contributed by atoms with E-state index in [0.29, 0.717) is 17.2 Å². The van der Waals surface area contributed by atoms with Gasteiger partial charge >= 0.3 is 0 Å². The number of rotatable bonds is 7. The van der Waals surface area contributed by atoms with Crippen LogP contribution in [0, 0.1) is 0 Å². The van der Waals surface area contributed by atoms with Crippen molar-refractivity contribution in [1.82, 2.24) is 15.0 Å². The van der Waals surface area contributed by atoms with E-state index in [9.17, 15) is 0 Å². The van der Waals surface area contributed by atoms with Crippen molar-refractivity contribution in [2.45, 2.75) is 25.9 Å². The van der Waals surface area contributed by atoms with Crippen molar-refractivity contribution in [1.29, 1.82) is 0 Å². The third-order valence-electron chi connectivity index (χ3n) is 4.59. The lowest BCUT2D eigenvalue weighted by atomic mass is 10.00. The van der Waals surface area contributed by atoms with E-state index in [1.165, 1.54) is 0 Å². The first-order valence-corrected chi connectivity index (χ1v) is 8.61. The van der Waals surface area contributed by atoms with Crippen LogP contribution in [-0.4, -0.2) is 49.0 Å². The summed E-state index contributed by atoms with van der Waals surface area (Å²) in [7, 11) is 6.47. The highest BCUT2D eigenvalue weighted by Gasteiger charge is 2.21. The Kier molecular flexibility index (Phi) is 5.23. The van der Waals surface area contributed by atoms with E-state index < -0.39 is 0 Å². The predicted octanol–water partition coefficient (Wildman–Crippen LogP) is 3.62. The van der Waals surface area contributed by atoms with Gasteiger partial charge in [-0.15, -0.1) is 0 Å². The lowest BCUT2D eigenvalue weighted by Gasteiger charge is -2.22. The van der Waals surface area contributed by atoms with Crippen LogP contribution in [0.25, 0.3) is 22.4 Å². The van der Waals surface area contributed by atoms with Gasteiger partial charge in [-0.2, -0.15) is 0 Å². The van der Waals surface area contributed by atoms with E-state index in [2.05, 4.69) is 9.97 Å². The van der Waals surface area contributed by atoms with Crippen LogP contribution in [0.2, 0.25) is 0 Å². The van der Waals surface area contributed by atoms with Gasteiger partial charge in [0.1, 0.15) is 5.52 Å². The minimum absolute atomic E-state index is 0.292. The summed E-state index contributed by atoms with van der Waals surface area (Å²) in [5.41, 5.74) is 3.88. The van der Waals surface area contributed by atoms with Gasteiger partial charge in [0, 0.05) is 30.9 Å². The summed E-state index contributed by atoms with van der Waals surface area (Å²) in [5, 5.41) is 0. The molecule has 0 aliphatic carbocycles. The summed E-state index contributed by atoms with van der Waals surface area (Å²) < 4.78 is 21.8. The van der Waals surface area contributed by atoms with Crippen LogP contribution in [0.5, 0.6) is 17.2 Å². The van der Waals surface area contributed by atoms with E-state index in [-0.39, 0.29) is 5.60 Å². The summed E-state index contributed by atoms with van der Waals surface area (Å²) >= 11 is 0. The van der Waals surface area contributed by atoms with Gasteiger partial charge in [0.25, 0.3) is 0 Å². The molecule has 0 spiro atoms. The van der Waals surface area contributed by atoms with Crippen LogP contribution >= 0.6 is 0 Å². The molecule has 0 radical (unpaired) electrons. The number of hydrogen-bond acceptors (Lipinski definition) is 6. The molecule has 144 valence electrons. The third-order valence-corrected chi connectivity index (χ3v) is 4.59. The Balaban J connectivity index is 2.10. The molecule has 0 aliphatic rings. The van der Waals surface area contributed by atoms with Crippen molar-refractivity contribution in [3.05, 3.63) is 30.1 Å². The predicted molar refractivity (Wildman–Crippen MR) is 104 cm³/mol. The number of ether oxygens (including phenoxy) is 4. The topological polar surface area (TPSA) is 78.5 Å². The fourth-order valence-electron chi connectivity index (χ4n) is 2.98. The number of aromatic nitrogens is 3. The standard InChI is InChI=1S/C20H25N3O4/c1-20(2,27-6)9-13-10-21-19-17(13)23-14(11-22-19)12-7-15(24-3)18(26-5)16(8-12)25-4/h7-8,10-11H,9H2,1-6H3,(H,21,22). The van der Waals surface area contributed by atoms with Gasteiger partial charge in [-0.3, -0.25) is 0 Å². The number of nitrogens with zero attached hydrogens (tertiary/aromatic N) is 2. The van der Waals surface area contributed by atoms with Crippen LogP contribution in [-0.2, 0) is 11.2 Å². The Hall–Kier alpha value is -2.80. The second-order valence-electron chi connectivity index (χ2n) is 6.82. The number of methoxy groups -OCH3 is 4. The Bertz CT molecular complexity index is 925. The lowest BCUT2D eigenvalue weighted by Crippen LogP contribution is -2.25. The third kappa shape index (κ3) is 3.68. The molecule has 0 unspecified atom stereocenters. The largest absolute Gasteiger partial charge is 0.493 e. The average Bonchev–Trinajstić information content (AvgIpc) is 3.08. The molecule has 1 N–H and O–H groups in total. The molecular formula is C20H25N3O4. The zero-order valence-electron chi connectivity index (χ0n) is 16.5. The number of benzene rings is 1. The highest BCUT2D eigenvalue weighted by atomic mass is 16.5. The summed E-state index contributed by atoms with van der Waals surface area (Å²) in [6.45, 7) is 4.09. The molecule has 2 aromatic heterocycles. The average molecular weight is 371 g/mol. The quantitative estimate of drug-likeness (QED) is 0.683. The molecule has 1 aromatic carbocycles. The van der Waals surface area contributed by atoms with E-state index in [4.69, 9.17) is 23.9 Å². The van der Waals surface area contributed by atoms with Crippen LogP contribution in [0.1, 0.15) is 19.4 Å². The zero-order valence-corrected chi connectivity index (χ0v) is 16.5. The van der Waals surface area contributed by atoms with Gasteiger partial charge in [0.2, 0.25) is 5.75 Å². The van der Waals surface area contributed by atoms with Crippen molar-refractivity contribution in [3.63, 3.8) is 0 Å². The maximum absolute atomic E-state index is 5.55. The van der Waals surface area contributed by atoms with Gasteiger partial charge in [0.15, 0.2) is 17.1 Å². The molecule has 3 rings (SSSR count). The van der Waals surface area contributed by atoms with Gasteiger partial charge in [-0.1, -0.05) is 0 Å². The first kappa shape index (κ1) is 19.0. The van der Waals surface area contributed by atoms with Gasteiger partial charge in [-0.05, 0) is 26.0 Å². The fourth-order valence-corrected chi connectivity index (χ4v) is 2.98. The van der Waals surface area contributed by atoms with Crippen molar-refractivity contribution in [2.24, 2.45) is 0 Å². The fraction of sp³-hybridized carbons (Fsp3) is 0.400. The molecule has 3 aromatic rings. The molecule has 2 heterocycles. The maximum atomic E-state index is 5.55. The van der Waals surface area contributed by atoms with E-state index >= 15 is 0 Å². The smallest absolute Gasteiger partial charge is 0.203 e. The molecule has 7 heteroatoms.